The first-order valence-corrected chi connectivity index (χ1v) is 9.68. The number of unbranched alkanes of at least 4 members (excludes halogenated alkanes) is 7. The molecule has 1 rings (SSSR count). The molecule has 2 nitrogen and oxygen atoms in total. The fourth-order valence-corrected chi connectivity index (χ4v) is 3.35. The summed E-state index contributed by atoms with van der Waals surface area (Å²) in [5.74, 6) is 0.813. The maximum Gasteiger partial charge on any atom is 0.0495 e. The Hall–Kier alpha value is -0.0800. The van der Waals surface area contributed by atoms with Gasteiger partial charge < -0.3 is 10.1 Å². The second-order valence-corrected chi connectivity index (χ2v) is 6.88. The van der Waals surface area contributed by atoms with Crippen molar-refractivity contribution >= 4 is 0 Å². The molecule has 2 heteroatoms. The van der Waals surface area contributed by atoms with E-state index in [1.165, 1.54) is 83.6 Å². The fraction of sp³-hybridized carbons (Fsp3) is 1.00. The van der Waals surface area contributed by atoms with Gasteiger partial charge in [-0.05, 0) is 38.1 Å². The Balaban J connectivity index is 2.02. The average molecular weight is 298 g/mol. The molecule has 2 unspecified atom stereocenters. The van der Waals surface area contributed by atoms with E-state index >= 15 is 0 Å². The van der Waals surface area contributed by atoms with Crippen molar-refractivity contribution in [2.45, 2.75) is 96.9 Å². The first kappa shape index (κ1) is 19.0. The fourth-order valence-electron chi connectivity index (χ4n) is 3.35. The van der Waals surface area contributed by atoms with E-state index in [0.29, 0.717) is 0 Å². The van der Waals surface area contributed by atoms with E-state index in [-0.39, 0.29) is 0 Å². The normalized spacial score (nSPS) is 20.0. The van der Waals surface area contributed by atoms with Crippen molar-refractivity contribution in [1.82, 2.24) is 5.32 Å². The van der Waals surface area contributed by atoms with E-state index in [1.807, 2.05) is 0 Å². The number of hydrogen-bond donors (Lipinski definition) is 1. The van der Waals surface area contributed by atoms with Crippen LogP contribution in [-0.2, 0) is 4.74 Å². The molecule has 1 fully saturated rings. The molecule has 0 aromatic carbocycles. The van der Waals surface area contributed by atoms with Crippen LogP contribution in [0.3, 0.4) is 0 Å². The minimum absolute atomic E-state index is 0.733. The summed E-state index contributed by atoms with van der Waals surface area (Å²) in [5, 5.41) is 3.76. The van der Waals surface area contributed by atoms with Crippen LogP contribution in [-0.4, -0.2) is 25.8 Å². The molecular formula is C19H39NO. The standard InChI is InChI=1S/C19H39NO/c1-3-5-6-7-8-9-10-11-12-19(20-14-4-2)16-18-13-15-21-17-18/h18-20H,3-17H2,1-2H3. The number of hydrogen-bond acceptors (Lipinski definition) is 2. The molecule has 126 valence electrons. The number of nitrogens with one attached hydrogen (secondary N) is 1. The molecule has 1 heterocycles. The third-order valence-corrected chi connectivity index (χ3v) is 4.73. The van der Waals surface area contributed by atoms with E-state index in [9.17, 15) is 0 Å². The summed E-state index contributed by atoms with van der Waals surface area (Å²) in [6.45, 7) is 7.72. The van der Waals surface area contributed by atoms with Gasteiger partial charge in [-0.1, -0.05) is 65.2 Å². The molecule has 1 aliphatic rings. The molecule has 0 spiro atoms. The molecule has 1 N–H and O–H groups in total. The third-order valence-electron chi connectivity index (χ3n) is 4.73. The van der Waals surface area contributed by atoms with Crippen LogP contribution in [0.5, 0.6) is 0 Å². The van der Waals surface area contributed by atoms with Gasteiger partial charge in [0.1, 0.15) is 0 Å². The second kappa shape index (κ2) is 13.6. The minimum atomic E-state index is 0.733. The van der Waals surface area contributed by atoms with Crippen LogP contribution in [0.2, 0.25) is 0 Å². The van der Waals surface area contributed by atoms with Gasteiger partial charge in [-0.25, -0.2) is 0 Å². The van der Waals surface area contributed by atoms with E-state index in [0.717, 1.165) is 25.2 Å². The van der Waals surface area contributed by atoms with Crippen LogP contribution in [0, 0.1) is 5.92 Å². The van der Waals surface area contributed by atoms with Gasteiger partial charge in [0.2, 0.25) is 0 Å². The minimum Gasteiger partial charge on any atom is -0.381 e. The highest BCUT2D eigenvalue weighted by molar-refractivity contribution is 4.74. The quantitative estimate of drug-likeness (QED) is 0.439. The highest BCUT2D eigenvalue weighted by Gasteiger charge is 2.20. The highest BCUT2D eigenvalue weighted by Crippen LogP contribution is 2.21. The summed E-state index contributed by atoms with van der Waals surface area (Å²) in [6, 6.07) is 0.733. The summed E-state index contributed by atoms with van der Waals surface area (Å²) in [5.41, 5.74) is 0. The molecule has 0 amide bonds. The van der Waals surface area contributed by atoms with Gasteiger partial charge in [0.25, 0.3) is 0 Å². The van der Waals surface area contributed by atoms with Crippen LogP contribution < -0.4 is 5.32 Å². The lowest BCUT2D eigenvalue weighted by Gasteiger charge is -2.21. The lowest BCUT2D eigenvalue weighted by Crippen LogP contribution is -2.32. The maximum atomic E-state index is 5.52. The predicted molar refractivity (Wildman–Crippen MR) is 92.9 cm³/mol. The monoisotopic (exact) mass is 297 g/mol. The first-order chi connectivity index (χ1) is 10.4. The molecule has 2 atom stereocenters. The topological polar surface area (TPSA) is 21.3 Å². The van der Waals surface area contributed by atoms with E-state index in [1.54, 1.807) is 0 Å². The maximum absolute atomic E-state index is 5.52. The Bertz CT molecular complexity index is 214. The second-order valence-electron chi connectivity index (χ2n) is 6.88. The van der Waals surface area contributed by atoms with Crippen LogP contribution in [0.25, 0.3) is 0 Å². The smallest absolute Gasteiger partial charge is 0.0495 e. The largest absolute Gasteiger partial charge is 0.381 e. The molecule has 0 aromatic rings. The van der Waals surface area contributed by atoms with Crippen LogP contribution in [0.15, 0.2) is 0 Å². The van der Waals surface area contributed by atoms with Crippen LogP contribution in [0.4, 0.5) is 0 Å². The zero-order chi connectivity index (χ0) is 15.2. The third kappa shape index (κ3) is 10.3. The van der Waals surface area contributed by atoms with Gasteiger partial charge >= 0.3 is 0 Å². The highest BCUT2D eigenvalue weighted by atomic mass is 16.5. The van der Waals surface area contributed by atoms with Crippen molar-refractivity contribution in [3.63, 3.8) is 0 Å². The molecule has 0 radical (unpaired) electrons. The van der Waals surface area contributed by atoms with Crippen molar-refractivity contribution in [1.29, 1.82) is 0 Å². The van der Waals surface area contributed by atoms with Crippen LogP contribution >= 0.6 is 0 Å². The Kier molecular flexibility index (Phi) is 12.3. The average Bonchev–Trinajstić information content (AvgIpc) is 3.00. The van der Waals surface area contributed by atoms with E-state index in [4.69, 9.17) is 4.74 Å². The van der Waals surface area contributed by atoms with Crippen molar-refractivity contribution < 1.29 is 4.74 Å². The van der Waals surface area contributed by atoms with Gasteiger partial charge in [-0.3, -0.25) is 0 Å². The molecule has 1 aliphatic heterocycles. The van der Waals surface area contributed by atoms with Gasteiger partial charge in [-0.15, -0.1) is 0 Å². The van der Waals surface area contributed by atoms with Crippen LogP contribution in [0.1, 0.15) is 90.9 Å². The summed E-state index contributed by atoms with van der Waals surface area (Å²) in [6.07, 6.45) is 16.6. The molecule has 1 saturated heterocycles. The van der Waals surface area contributed by atoms with Gasteiger partial charge in [0.15, 0.2) is 0 Å². The Morgan fingerprint density at radius 3 is 2.29 bits per heavy atom. The molecule has 0 saturated carbocycles. The Labute approximate surface area is 133 Å². The number of rotatable bonds is 14. The van der Waals surface area contributed by atoms with E-state index in [2.05, 4.69) is 19.2 Å². The lowest BCUT2D eigenvalue weighted by atomic mass is 9.95. The number of ether oxygens (including phenoxy) is 1. The summed E-state index contributed by atoms with van der Waals surface area (Å²) >= 11 is 0. The van der Waals surface area contributed by atoms with Gasteiger partial charge in [0.05, 0.1) is 0 Å². The first-order valence-electron chi connectivity index (χ1n) is 9.68. The van der Waals surface area contributed by atoms with Gasteiger partial charge in [-0.2, -0.15) is 0 Å². The molecule has 0 bridgehead atoms. The summed E-state index contributed by atoms with van der Waals surface area (Å²) in [7, 11) is 0. The van der Waals surface area contributed by atoms with Gasteiger partial charge in [0, 0.05) is 19.3 Å². The SMILES string of the molecule is CCCCCCCCCCC(CC1CCOC1)NCCC. The van der Waals surface area contributed by atoms with Crippen molar-refractivity contribution in [3.05, 3.63) is 0 Å². The zero-order valence-corrected chi connectivity index (χ0v) is 14.7. The molecular weight excluding hydrogens is 258 g/mol. The van der Waals surface area contributed by atoms with Crippen molar-refractivity contribution in [2.24, 2.45) is 5.92 Å². The van der Waals surface area contributed by atoms with Crippen molar-refractivity contribution in [2.75, 3.05) is 19.8 Å². The lowest BCUT2D eigenvalue weighted by molar-refractivity contribution is 0.180. The molecule has 0 aliphatic carbocycles. The Morgan fingerprint density at radius 1 is 0.952 bits per heavy atom. The summed E-state index contributed by atoms with van der Waals surface area (Å²) in [4.78, 5) is 0. The molecule has 21 heavy (non-hydrogen) atoms. The molecule has 0 aromatic heterocycles. The van der Waals surface area contributed by atoms with Crippen molar-refractivity contribution in [3.8, 4) is 0 Å². The van der Waals surface area contributed by atoms with E-state index < -0.39 is 0 Å². The zero-order valence-electron chi connectivity index (χ0n) is 14.7. The predicted octanol–water partition coefficient (Wildman–Crippen LogP) is 5.31. The summed E-state index contributed by atoms with van der Waals surface area (Å²) < 4.78 is 5.52. The Morgan fingerprint density at radius 2 is 1.67 bits per heavy atom.